The summed E-state index contributed by atoms with van der Waals surface area (Å²) >= 11 is 1.75. The molecule has 0 atom stereocenters. The first-order valence-corrected chi connectivity index (χ1v) is 12.9. The third-order valence-corrected chi connectivity index (χ3v) is 5.24. The monoisotopic (exact) mass is 451 g/mol. The summed E-state index contributed by atoms with van der Waals surface area (Å²) in [6, 6.07) is 13.9. The predicted molar refractivity (Wildman–Crippen MR) is 145 cm³/mol. The lowest BCUT2D eigenvalue weighted by molar-refractivity contribution is 0.475. The van der Waals surface area contributed by atoms with E-state index in [2.05, 4.69) is 51.3 Å². The Morgan fingerprint density at radius 2 is 1.59 bits per heavy atom. The van der Waals surface area contributed by atoms with Gasteiger partial charge in [0.1, 0.15) is 5.75 Å². The highest BCUT2D eigenvalue weighted by Gasteiger charge is 2.19. The van der Waals surface area contributed by atoms with Crippen molar-refractivity contribution in [2.24, 2.45) is 0 Å². The Hall–Kier alpha value is -2.44. The van der Waals surface area contributed by atoms with Crippen LogP contribution >= 0.6 is 11.8 Å². The van der Waals surface area contributed by atoms with E-state index in [9.17, 15) is 10.4 Å². The summed E-state index contributed by atoms with van der Waals surface area (Å²) in [5, 5.41) is 21.5. The van der Waals surface area contributed by atoms with Gasteiger partial charge in [-0.05, 0) is 64.8 Å². The van der Waals surface area contributed by atoms with E-state index >= 15 is 0 Å². The molecule has 2 aromatic carbocycles. The van der Waals surface area contributed by atoms with Crippen LogP contribution in [0.15, 0.2) is 53.5 Å². The Kier molecular flexibility index (Phi) is 15.8. The van der Waals surface area contributed by atoms with Crippen molar-refractivity contribution in [1.82, 2.24) is 0 Å². The molecule has 0 aliphatic carbocycles. The predicted octanol–water partition coefficient (Wildman–Crippen LogP) is 9.39. The minimum absolute atomic E-state index is 0.252. The van der Waals surface area contributed by atoms with Crippen molar-refractivity contribution in [3.63, 3.8) is 0 Å². The maximum Gasteiger partial charge on any atom is 0.115 e. The third kappa shape index (κ3) is 8.60. The molecule has 0 bridgehead atoms. The van der Waals surface area contributed by atoms with Crippen LogP contribution in [0.25, 0.3) is 16.7 Å². The molecule has 0 amide bonds. The lowest BCUT2D eigenvalue weighted by Crippen LogP contribution is -2.02. The standard InChI is InChI=1S/C22H21NOS.C3H8.2C2H6/c1-3-4-16-11-18(13-23)22(21-14-25-10-9-15(21)2)20(12-16)17-5-7-19(24)8-6-17;1-3-2;2*1-2/h5-12,24H,3-4,14H2,1-2H3;3H2,1-2H3;2*1-2H3. The number of phenols is 1. The molecule has 1 aliphatic heterocycles. The van der Waals surface area contributed by atoms with Crippen molar-refractivity contribution in [3.8, 4) is 22.9 Å². The summed E-state index contributed by atoms with van der Waals surface area (Å²) in [6.45, 7) is 16.5. The van der Waals surface area contributed by atoms with Gasteiger partial charge in [0.15, 0.2) is 0 Å². The van der Waals surface area contributed by atoms with E-state index < -0.39 is 0 Å². The number of hydrogen-bond acceptors (Lipinski definition) is 3. The molecular formula is C29H41NOS. The highest BCUT2D eigenvalue weighted by molar-refractivity contribution is 8.02. The van der Waals surface area contributed by atoms with E-state index in [0.29, 0.717) is 0 Å². The first-order valence-electron chi connectivity index (χ1n) is 11.9. The zero-order valence-corrected chi connectivity index (χ0v) is 22.1. The Morgan fingerprint density at radius 3 is 2.09 bits per heavy atom. The van der Waals surface area contributed by atoms with Gasteiger partial charge in [-0.15, -0.1) is 11.8 Å². The van der Waals surface area contributed by atoms with E-state index in [1.165, 1.54) is 23.1 Å². The van der Waals surface area contributed by atoms with E-state index in [-0.39, 0.29) is 5.75 Å². The van der Waals surface area contributed by atoms with Crippen LogP contribution in [0.2, 0.25) is 0 Å². The molecule has 32 heavy (non-hydrogen) atoms. The molecule has 1 N–H and O–H groups in total. The topological polar surface area (TPSA) is 44.0 Å². The Labute approximate surface area is 201 Å². The van der Waals surface area contributed by atoms with Crippen LogP contribution in [0.3, 0.4) is 0 Å². The average molecular weight is 452 g/mol. The van der Waals surface area contributed by atoms with Gasteiger partial charge in [0, 0.05) is 11.3 Å². The number of benzene rings is 2. The van der Waals surface area contributed by atoms with Crippen LogP contribution < -0.4 is 0 Å². The van der Waals surface area contributed by atoms with Gasteiger partial charge < -0.3 is 5.11 Å². The van der Waals surface area contributed by atoms with Crippen LogP contribution in [0, 0.1) is 11.3 Å². The smallest absolute Gasteiger partial charge is 0.115 e. The summed E-state index contributed by atoms with van der Waals surface area (Å²) in [4.78, 5) is 0. The van der Waals surface area contributed by atoms with Gasteiger partial charge in [0.25, 0.3) is 0 Å². The van der Waals surface area contributed by atoms with E-state index in [4.69, 9.17) is 0 Å². The second-order valence-electron chi connectivity index (χ2n) is 6.96. The minimum atomic E-state index is 0.252. The van der Waals surface area contributed by atoms with Gasteiger partial charge in [-0.25, -0.2) is 0 Å². The summed E-state index contributed by atoms with van der Waals surface area (Å²) < 4.78 is 0. The largest absolute Gasteiger partial charge is 0.508 e. The van der Waals surface area contributed by atoms with Gasteiger partial charge in [0.2, 0.25) is 0 Å². The summed E-state index contributed by atoms with van der Waals surface area (Å²) in [5.41, 5.74) is 7.48. The molecule has 0 saturated carbocycles. The molecule has 2 aromatic rings. The van der Waals surface area contributed by atoms with Crippen molar-refractivity contribution in [1.29, 1.82) is 5.26 Å². The Balaban J connectivity index is 0.00000124. The number of nitriles is 1. The average Bonchev–Trinajstić information content (AvgIpc) is 2.83. The second kappa shape index (κ2) is 17.2. The summed E-state index contributed by atoms with van der Waals surface area (Å²) in [7, 11) is 0. The van der Waals surface area contributed by atoms with Gasteiger partial charge in [-0.2, -0.15) is 5.26 Å². The summed E-state index contributed by atoms with van der Waals surface area (Å²) in [6.07, 6.45) is 5.36. The van der Waals surface area contributed by atoms with Crippen molar-refractivity contribution in [2.45, 2.75) is 74.7 Å². The molecule has 0 fully saturated rings. The molecular weight excluding hydrogens is 410 g/mol. The van der Waals surface area contributed by atoms with Gasteiger partial charge in [0.05, 0.1) is 11.6 Å². The fourth-order valence-corrected chi connectivity index (χ4v) is 4.12. The molecule has 174 valence electrons. The number of hydrogen-bond donors (Lipinski definition) is 1. The normalized spacial score (nSPS) is 11.7. The molecule has 0 radical (unpaired) electrons. The lowest BCUT2D eigenvalue weighted by atomic mass is 9.86. The van der Waals surface area contributed by atoms with Gasteiger partial charge >= 0.3 is 0 Å². The van der Waals surface area contributed by atoms with Crippen LogP contribution in [-0.2, 0) is 6.42 Å². The van der Waals surface area contributed by atoms with E-state index in [1.807, 2.05) is 45.9 Å². The molecule has 3 rings (SSSR count). The molecule has 0 saturated heterocycles. The third-order valence-electron chi connectivity index (χ3n) is 4.46. The Morgan fingerprint density at radius 1 is 1.00 bits per heavy atom. The molecule has 2 nitrogen and oxygen atoms in total. The highest BCUT2D eigenvalue weighted by atomic mass is 32.2. The SMILES string of the molecule is CC.CC.CCC.CCCc1cc(C#N)c(C2=C(C)C=CSC2)c(-c2ccc(O)cc2)c1. The fourth-order valence-electron chi connectivity index (χ4n) is 3.18. The van der Waals surface area contributed by atoms with E-state index in [0.717, 1.165) is 40.8 Å². The van der Waals surface area contributed by atoms with Crippen molar-refractivity contribution >= 4 is 17.3 Å². The Bertz CT molecular complexity index is 902. The number of allylic oxidation sites excluding steroid dienone is 2. The van der Waals surface area contributed by atoms with Gasteiger partial charge in [-0.3, -0.25) is 0 Å². The maximum absolute atomic E-state index is 9.81. The fraction of sp³-hybridized carbons (Fsp3) is 0.414. The van der Waals surface area contributed by atoms with Crippen LogP contribution in [0.1, 0.15) is 84.9 Å². The zero-order valence-electron chi connectivity index (χ0n) is 21.2. The molecule has 1 aliphatic rings. The van der Waals surface area contributed by atoms with Crippen molar-refractivity contribution in [3.05, 3.63) is 70.1 Å². The number of aromatic hydroxyl groups is 1. The first-order chi connectivity index (χ1) is 15.5. The quantitative estimate of drug-likeness (QED) is 0.503. The lowest BCUT2D eigenvalue weighted by Gasteiger charge is -2.20. The van der Waals surface area contributed by atoms with Gasteiger partial charge in [-0.1, -0.05) is 85.6 Å². The molecule has 0 spiro atoms. The number of rotatable bonds is 4. The zero-order chi connectivity index (χ0) is 24.5. The van der Waals surface area contributed by atoms with Crippen LogP contribution in [-0.4, -0.2) is 10.9 Å². The molecule has 0 unspecified atom stereocenters. The number of phenolic OH excluding ortho intramolecular Hbond substituents is 1. The van der Waals surface area contributed by atoms with Crippen LogP contribution in [0.5, 0.6) is 5.75 Å². The molecule has 1 heterocycles. The molecule has 0 aromatic heterocycles. The maximum atomic E-state index is 9.81. The molecule has 3 heteroatoms. The first kappa shape index (κ1) is 29.6. The van der Waals surface area contributed by atoms with Crippen molar-refractivity contribution in [2.75, 3.05) is 5.75 Å². The van der Waals surface area contributed by atoms with E-state index in [1.54, 1.807) is 23.9 Å². The number of aryl methyl sites for hydroxylation is 1. The minimum Gasteiger partial charge on any atom is -0.508 e. The number of nitrogens with zero attached hydrogens (tertiary/aromatic N) is 1. The number of thioether (sulfide) groups is 1. The second-order valence-corrected chi connectivity index (χ2v) is 7.85. The van der Waals surface area contributed by atoms with Crippen LogP contribution in [0.4, 0.5) is 0 Å². The highest BCUT2D eigenvalue weighted by Crippen LogP contribution is 2.38. The summed E-state index contributed by atoms with van der Waals surface area (Å²) in [5.74, 6) is 1.12. The van der Waals surface area contributed by atoms with Crippen molar-refractivity contribution < 1.29 is 5.11 Å².